The zero-order chi connectivity index (χ0) is 9.68. The SMILES string of the molecule is C#CC(CC)Nc1ncc(Br)cn1. The Labute approximate surface area is 86.1 Å². The molecule has 4 heteroatoms. The lowest BCUT2D eigenvalue weighted by molar-refractivity contribution is 0.840. The Morgan fingerprint density at radius 2 is 2.23 bits per heavy atom. The van der Waals surface area contributed by atoms with Crippen molar-refractivity contribution in [3.8, 4) is 12.3 Å². The normalized spacial score (nSPS) is 11.8. The summed E-state index contributed by atoms with van der Waals surface area (Å²) in [5, 5.41) is 3.03. The van der Waals surface area contributed by atoms with Crippen LogP contribution in [-0.4, -0.2) is 16.0 Å². The summed E-state index contributed by atoms with van der Waals surface area (Å²) < 4.78 is 0.854. The van der Waals surface area contributed by atoms with Gasteiger partial charge in [0.15, 0.2) is 0 Å². The van der Waals surface area contributed by atoms with Crippen molar-refractivity contribution in [1.82, 2.24) is 9.97 Å². The summed E-state index contributed by atoms with van der Waals surface area (Å²) in [4.78, 5) is 8.10. The van der Waals surface area contributed by atoms with E-state index in [1.807, 2.05) is 6.92 Å². The third-order valence-electron chi connectivity index (χ3n) is 1.53. The Bertz CT molecular complexity index is 302. The molecule has 3 nitrogen and oxygen atoms in total. The third kappa shape index (κ3) is 3.03. The summed E-state index contributed by atoms with van der Waals surface area (Å²) in [5.41, 5.74) is 0. The molecule has 1 unspecified atom stereocenters. The summed E-state index contributed by atoms with van der Waals surface area (Å²) in [5.74, 6) is 3.17. The van der Waals surface area contributed by atoms with Crippen LogP contribution in [0.25, 0.3) is 0 Å². The Balaban J connectivity index is 2.64. The minimum Gasteiger partial charge on any atom is -0.341 e. The van der Waals surface area contributed by atoms with Gasteiger partial charge in [0.25, 0.3) is 0 Å². The lowest BCUT2D eigenvalue weighted by Gasteiger charge is -2.09. The maximum Gasteiger partial charge on any atom is 0.223 e. The monoisotopic (exact) mass is 239 g/mol. The molecule has 1 atom stereocenters. The van der Waals surface area contributed by atoms with E-state index in [9.17, 15) is 0 Å². The molecule has 0 amide bonds. The minimum atomic E-state index is 0.00109. The summed E-state index contributed by atoms with van der Waals surface area (Å²) in [6.07, 6.45) is 9.50. The van der Waals surface area contributed by atoms with Gasteiger partial charge in [-0.05, 0) is 22.4 Å². The number of hydrogen-bond acceptors (Lipinski definition) is 3. The zero-order valence-corrected chi connectivity index (χ0v) is 8.87. The summed E-state index contributed by atoms with van der Waals surface area (Å²) in [7, 11) is 0. The van der Waals surface area contributed by atoms with Gasteiger partial charge in [0.05, 0.1) is 10.5 Å². The van der Waals surface area contributed by atoms with Gasteiger partial charge in [-0.1, -0.05) is 12.8 Å². The molecule has 0 radical (unpaired) electrons. The molecular formula is C9H10BrN3. The van der Waals surface area contributed by atoms with E-state index in [4.69, 9.17) is 6.42 Å². The first-order chi connectivity index (χ1) is 6.26. The van der Waals surface area contributed by atoms with Crippen LogP contribution in [0.2, 0.25) is 0 Å². The van der Waals surface area contributed by atoms with Gasteiger partial charge in [0.1, 0.15) is 0 Å². The van der Waals surface area contributed by atoms with Crippen molar-refractivity contribution >= 4 is 21.9 Å². The number of hydrogen-bond donors (Lipinski definition) is 1. The Kier molecular flexibility index (Phi) is 3.71. The van der Waals surface area contributed by atoms with Gasteiger partial charge in [-0.25, -0.2) is 9.97 Å². The summed E-state index contributed by atoms with van der Waals surface area (Å²) >= 11 is 3.25. The van der Waals surface area contributed by atoms with Gasteiger partial charge in [-0.3, -0.25) is 0 Å². The quantitative estimate of drug-likeness (QED) is 0.822. The van der Waals surface area contributed by atoms with Crippen LogP contribution in [0.4, 0.5) is 5.95 Å². The molecule has 1 aromatic heterocycles. The number of anilines is 1. The molecule has 1 rings (SSSR count). The first-order valence-corrected chi connectivity index (χ1v) is 4.75. The highest BCUT2D eigenvalue weighted by molar-refractivity contribution is 9.10. The molecule has 1 heterocycles. The summed E-state index contributed by atoms with van der Waals surface area (Å²) in [6.45, 7) is 2.01. The smallest absolute Gasteiger partial charge is 0.223 e. The van der Waals surface area contributed by atoms with Crippen LogP contribution in [0.1, 0.15) is 13.3 Å². The van der Waals surface area contributed by atoms with E-state index in [2.05, 4.69) is 37.1 Å². The van der Waals surface area contributed by atoms with Gasteiger partial charge < -0.3 is 5.32 Å². The second-order valence-electron chi connectivity index (χ2n) is 2.50. The van der Waals surface area contributed by atoms with Crippen molar-refractivity contribution in [3.63, 3.8) is 0 Å². The Morgan fingerprint density at radius 3 is 2.69 bits per heavy atom. The van der Waals surface area contributed by atoms with Gasteiger partial charge in [0.2, 0.25) is 5.95 Å². The highest BCUT2D eigenvalue weighted by Gasteiger charge is 2.02. The van der Waals surface area contributed by atoms with Crippen LogP contribution < -0.4 is 5.32 Å². The van der Waals surface area contributed by atoms with E-state index in [1.54, 1.807) is 12.4 Å². The van der Waals surface area contributed by atoms with Crippen LogP contribution in [-0.2, 0) is 0 Å². The van der Waals surface area contributed by atoms with Crippen molar-refractivity contribution in [3.05, 3.63) is 16.9 Å². The van der Waals surface area contributed by atoms with E-state index in [-0.39, 0.29) is 6.04 Å². The maximum absolute atomic E-state index is 5.28. The highest BCUT2D eigenvalue weighted by atomic mass is 79.9. The van der Waals surface area contributed by atoms with E-state index in [1.165, 1.54) is 0 Å². The molecule has 0 saturated heterocycles. The molecule has 0 bridgehead atoms. The number of halogens is 1. The maximum atomic E-state index is 5.28. The van der Waals surface area contributed by atoms with Crippen molar-refractivity contribution in [1.29, 1.82) is 0 Å². The van der Waals surface area contributed by atoms with Gasteiger partial charge in [-0.2, -0.15) is 0 Å². The Morgan fingerprint density at radius 1 is 1.62 bits per heavy atom. The lowest BCUT2D eigenvalue weighted by atomic mass is 10.2. The molecule has 68 valence electrons. The van der Waals surface area contributed by atoms with Gasteiger partial charge in [0, 0.05) is 12.4 Å². The zero-order valence-electron chi connectivity index (χ0n) is 7.29. The van der Waals surface area contributed by atoms with Crippen LogP contribution in [0.3, 0.4) is 0 Å². The average molecular weight is 240 g/mol. The standard InChI is InChI=1S/C9H10BrN3/c1-3-8(4-2)13-9-11-5-7(10)6-12-9/h1,5-6,8H,4H2,2H3,(H,11,12,13). The van der Waals surface area contributed by atoms with Crippen LogP contribution in [0, 0.1) is 12.3 Å². The highest BCUT2D eigenvalue weighted by Crippen LogP contribution is 2.07. The second-order valence-corrected chi connectivity index (χ2v) is 3.41. The van der Waals surface area contributed by atoms with Crippen LogP contribution in [0.15, 0.2) is 16.9 Å². The fourth-order valence-electron chi connectivity index (χ4n) is 0.804. The van der Waals surface area contributed by atoms with Gasteiger partial charge >= 0.3 is 0 Å². The first kappa shape index (κ1) is 10.0. The number of rotatable bonds is 3. The van der Waals surface area contributed by atoms with E-state index >= 15 is 0 Å². The molecule has 0 aliphatic heterocycles. The molecule has 1 aromatic rings. The van der Waals surface area contributed by atoms with Crippen molar-refractivity contribution in [2.45, 2.75) is 19.4 Å². The predicted molar refractivity (Wildman–Crippen MR) is 56.3 cm³/mol. The fraction of sp³-hybridized carbons (Fsp3) is 0.333. The molecule has 13 heavy (non-hydrogen) atoms. The first-order valence-electron chi connectivity index (χ1n) is 3.96. The van der Waals surface area contributed by atoms with Crippen molar-refractivity contribution in [2.24, 2.45) is 0 Å². The number of nitrogens with one attached hydrogen (secondary N) is 1. The van der Waals surface area contributed by atoms with Gasteiger partial charge in [-0.15, -0.1) is 6.42 Å². The topological polar surface area (TPSA) is 37.8 Å². The molecule has 0 aliphatic rings. The van der Waals surface area contributed by atoms with E-state index in [0.29, 0.717) is 5.95 Å². The van der Waals surface area contributed by atoms with Crippen LogP contribution >= 0.6 is 15.9 Å². The molecule has 0 saturated carbocycles. The van der Waals surface area contributed by atoms with E-state index in [0.717, 1.165) is 10.9 Å². The third-order valence-corrected chi connectivity index (χ3v) is 1.94. The number of nitrogens with zero attached hydrogens (tertiary/aromatic N) is 2. The molecule has 0 aromatic carbocycles. The number of aromatic nitrogens is 2. The predicted octanol–water partition coefficient (Wildman–Crippen LogP) is 2.06. The molecular weight excluding hydrogens is 230 g/mol. The lowest BCUT2D eigenvalue weighted by Crippen LogP contribution is -2.17. The minimum absolute atomic E-state index is 0.00109. The molecule has 0 aliphatic carbocycles. The van der Waals surface area contributed by atoms with E-state index < -0.39 is 0 Å². The van der Waals surface area contributed by atoms with Crippen LogP contribution in [0.5, 0.6) is 0 Å². The average Bonchev–Trinajstić information content (AvgIpc) is 2.17. The molecule has 0 fully saturated rings. The molecule has 1 N–H and O–H groups in total. The fourth-order valence-corrected chi connectivity index (χ4v) is 1.01. The largest absolute Gasteiger partial charge is 0.341 e. The van der Waals surface area contributed by atoms with Crippen molar-refractivity contribution in [2.75, 3.05) is 5.32 Å². The second kappa shape index (κ2) is 4.83. The molecule has 0 spiro atoms. The summed E-state index contributed by atoms with van der Waals surface area (Å²) in [6, 6.07) is 0.00109. The Hall–Kier alpha value is -1.08. The van der Waals surface area contributed by atoms with Crippen molar-refractivity contribution < 1.29 is 0 Å². The number of terminal acetylenes is 1.